The minimum atomic E-state index is -4.89. The standard InChI is InChI=1S/2Ca.H3O4P.O3P/c;;1-5(2,3)4;1-4(2)3/h;;(H3,1,2,3,4);/q2*+2;;-3/p-1. The van der Waals surface area contributed by atoms with Crippen LogP contribution >= 0.6 is 16.4 Å². The molecule has 0 aromatic rings. The number of hydrogen-bond acceptors (Lipinski definition) is 5. The third kappa shape index (κ3) is 179. The molecule has 0 heterocycles. The van der Waals surface area contributed by atoms with Crippen LogP contribution in [-0.4, -0.2) is 85.3 Å². The zero-order valence-corrected chi connectivity index (χ0v) is 11.4. The molecule has 0 unspecified atom stereocenters. The maximum Gasteiger partial charge on any atom is 2.00 e. The number of rotatable bonds is 0. The fourth-order valence-corrected chi connectivity index (χ4v) is 0. The first kappa shape index (κ1) is 23.6. The van der Waals surface area contributed by atoms with Crippen LogP contribution < -0.4 is 19.6 Å². The summed E-state index contributed by atoms with van der Waals surface area (Å²) in [6, 6.07) is 0. The molecular formula is H2Ca2O7P2. The van der Waals surface area contributed by atoms with Crippen molar-refractivity contribution in [2.75, 3.05) is 0 Å². The van der Waals surface area contributed by atoms with E-state index in [0.717, 1.165) is 0 Å². The van der Waals surface area contributed by atoms with Gasteiger partial charge in [-0.15, -0.1) is 0 Å². The molecule has 0 atom stereocenters. The summed E-state index contributed by atoms with van der Waals surface area (Å²) in [5.74, 6) is 0. The van der Waals surface area contributed by atoms with E-state index in [-0.39, 0.29) is 75.5 Å². The van der Waals surface area contributed by atoms with Gasteiger partial charge < -0.3 is 38.0 Å². The second-order valence-electron chi connectivity index (χ2n) is 0.714. The van der Waals surface area contributed by atoms with Gasteiger partial charge in [-0.05, 0) is 0 Å². The third-order valence-corrected chi connectivity index (χ3v) is 0. The van der Waals surface area contributed by atoms with Crippen molar-refractivity contribution in [2.45, 2.75) is 0 Å². The zero-order chi connectivity index (χ0) is 8.08. The largest absolute Gasteiger partial charge is 2.00 e. The molecule has 0 amide bonds. The third-order valence-electron chi connectivity index (χ3n) is 0. The maximum absolute atomic E-state index is 8.77. The summed E-state index contributed by atoms with van der Waals surface area (Å²) in [5, 5.41) is 0. The van der Waals surface area contributed by atoms with E-state index >= 15 is 0 Å². The van der Waals surface area contributed by atoms with Gasteiger partial charge >= 0.3 is 75.5 Å². The van der Waals surface area contributed by atoms with Gasteiger partial charge in [-0.1, -0.05) is 0 Å². The molecule has 0 aliphatic rings. The predicted molar refractivity (Wildman–Crippen MR) is 30.5 cm³/mol. The molecule has 0 spiro atoms. The van der Waals surface area contributed by atoms with Gasteiger partial charge in [0, 0.05) is 0 Å². The van der Waals surface area contributed by atoms with Crippen LogP contribution in [0.15, 0.2) is 0 Å². The van der Waals surface area contributed by atoms with Crippen LogP contribution in [0.25, 0.3) is 0 Å². The van der Waals surface area contributed by atoms with Crippen molar-refractivity contribution < 1.29 is 33.9 Å². The topological polar surface area (TPSA) is 150 Å². The summed E-state index contributed by atoms with van der Waals surface area (Å²) >= 11 is 0. The van der Waals surface area contributed by atoms with Crippen molar-refractivity contribution in [1.82, 2.24) is 0 Å². The molecule has 2 N–H and O–H groups in total. The smallest absolute Gasteiger partial charge is 0.854 e. The van der Waals surface area contributed by atoms with Gasteiger partial charge in [0.25, 0.3) is 7.82 Å². The summed E-state index contributed by atoms with van der Waals surface area (Å²) in [4.78, 5) is 48.4. The number of phosphoric acid groups is 1. The Balaban J connectivity index is -0.0000000383. The van der Waals surface area contributed by atoms with Gasteiger partial charge in [0.1, 0.15) is 0 Å². The molecule has 0 aliphatic carbocycles. The van der Waals surface area contributed by atoms with Crippen molar-refractivity contribution in [1.29, 1.82) is 0 Å². The van der Waals surface area contributed by atoms with Gasteiger partial charge in [-0.2, -0.15) is 0 Å². The zero-order valence-electron chi connectivity index (χ0n) is 5.24. The first-order valence-electron chi connectivity index (χ1n) is 1.31. The normalized spacial score (nSPS) is 8.64. The second-order valence-corrected chi connectivity index (χ2v) is 2.14. The molecule has 0 aromatic heterocycles. The van der Waals surface area contributed by atoms with E-state index < -0.39 is 16.4 Å². The molecule has 0 radical (unpaired) electrons. The molecule has 0 saturated carbocycles. The SMILES string of the molecule is O=P([O-])(O)O.[Ca+2].[Ca+2].[O-]P([O-])[O-]. The molecule has 0 fully saturated rings. The van der Waals surface area contributed by atoms with Gasteiger partial charge in [0.2, 0.25) is 0 Å². The van der Waals surface area contributed by atoms with Crippen LogP contribution in [0, 0.1) is 0 Å². The molecule has 0 aromatic carbocycles. The van der Waals surface area contributed by atoms with Gasteiger partial charge in [0.15, 0.2) is 0 Å². The first-order chi connectivity index (χ1) is 3.73. The van der Waals surface area contributed by atoms with E-state index in [9.17, 15) is 0 Å². The van der Waals surface area contributed by atoms with Crippen LogP contribution in [0.2, 0.25) is 0 Å². The Bertz CT molecular complexity index is 85.6. The van der Waals surface area contributed by atoms with Crippen molar-refractivity contribution in [2.24, 2.45) is 0 Å². The van der Waals surface area contributed by atoms with E-state index in [0.29, 0.717) is 0 Å². The Kier molecular flexibility index (Phi) is 27.8. The van der Waals surface area contributed by atoms with E-state index in [4.69, 9.17) is 33.9 Å². The molecule has 11 heteroatoms. The fraction of sp³-hybridized carbons (Fsp3) is 0. The average Bonchev–Trinajstić information content (AvgIpc) is 1.19. The predicted octanol–water partition coefficient (Wildman–Crippen LogP) is -5.03. The van der Waals surface area contributed by atoms with E-state index in [1.54, 1.807) is 0 Å². The van der Waals surface area contributed by atoms with Gasteiger partial charge in [-0.25, -0.2) is 0 Å². The van der Waals surface area contributed by atoms with E-state index in [1.165, 1.54) is 0 Å². The summed E-state index contributed by atoms with van der Waals surface area (Å²) in [6.45, 7) is 0. The van der Waals surface area contributed by atoms with E-state index in [2.05, 4.69) is 0 Å². The number of hydrogen-bond donors (Lipinski definition) is 2. The molecule has 0 bridgehead atoms. The van der Waals surface area contributed by atoms with Crippen LogP contribution in [0.3, 0.4) is 0 Å². The minimum Gasteiger partial charge on any atom is -0.854 e. The molecule has 11 heavy (non-hydrogen) atoms. The maximum atomic E-state index is 8.77. The quantitative estimate of drug-likeness (QED) is 0.325. The summed E-state index contributed by atoms with van der Waals surface area (Å²) in [5.41, 5.74) is 0. The molecule has 0 aliphatic heterocycles. The van der Waals surface area contributed by atoms with Crippen LogP contribution in [0.1, 0.15) is 0 Å². The van der Waals surface area contributed by atoms with Gasteiger partial charge in [0.05, 0.1) is 0 Å². The first-order valence-corrected chi connectivity index (χ1v) is 3.94. The van der Waals surface area contributed by atoms with E-state index in [1.807, 2.05) is 0 Å². The fourth-order valence-electron chi connectivity index (χ4n) is 0. The molecule has 7 nitrogen and oxygen atoms in total. The summed E-state index contributed by atoms with van der Waals surface area (Å²) in [7, 11) is -8.26. The van der Waals surface area contributed by atoms with Crippen molar-refractivity contribution in [3.8, 4) is 0 Å². The Labute approximate surface area is 124 Å². The molecular weight excluding hydrogens is 254 g/mol. The van der Waals surface area contributed by atoms with Gasteiger partial charge in [-0.3, -0.25) is 4.57 Å². The van der Waals surface area contributed by atoms with Crippen LogP contribution in [-0.2, 0) is 4.57 Å². The summed E-state index contributed by atoms with van der Waals surface area (Å²) < 4.78 is 8.77. The summed E-state index contributed by atoms with van der Waals surface area (Å²) in [6.07, 6.45) is 0. The van der Waals surface area contributed by atoms with Crippen molar-refractivity contribution in [3.05, 3.63) is 0 Å². The molecule has 58 valence electrons. The van der Waals surface area contributed by atoms with Crippen LogP contribution in [0.5, 0.6) is 0 Å². The Morgan fingerprint density at radius 1 is 1.09 bits per heavy atom. The Morgan fingerprint density at radius 3 is 1.09 bits per heavy atom. The van der Waals surface area contributed by atoms with Crippen molar-refractivity contribution >= 4 is 91.9 Å². The second kappa shape index (κ2) is 12.9. The molecule has 0 saturated heterocycles. The average molecular weight is 256 g/mol. The minimum absolute atomic E-state index is 0. The Hall–Kier alpha value is 2.94. The monoisotopic (exact) mass is 256 g/mol. The molecule has 0 rings (SSSR count). The van der Waals surface area contributed by atoms with Crippen molar-refractivity contribution in [3.63, 3.8) is 0 Å². The van der Waals surface area contributed by atoms with Crippen LogP contribution in [0.4, 0.5) is 0 Å². The Morgan fingerprint density at radius 2 is 1.09 bits per heavy atom.